The van der Waals surface area contributed by atoms with Gasteiger partial charge in [-0.1, -0.05) is 5.16 Å². The fourth-order valence-corrected chi connectivity index (χ4v) is 1.62. The zero-order valence-electron chi connectivity index (χ0n) is 8.66. The minimum Gasteiger partial charge on any atom is -0.376 e. The number of hydrogen-bond acceptors (Lipinski definition) is 4. The second-order valence-corrected chi connectivity index (χ2v) is 3.66. The first-order valence-corrected chi connectivity index (χ1v) is 5.08. The van der Waals surface area contributed by atoms with Crippen LogP contribution in [0.5, 0.6) is 0 Å². The van der Waals surface area contributed by atoms with Crippen molar-refractivity contribution in [1.82, 2.24) is 10.5 Å². The van der Waals surface area contributed by atoms with Crippen molar-refractivity contribution in [3.8, 4) is 0 Å². The molecule has 1 saturated heterocycles. The van der Waals surface area contributed by atoms with Crippen molar-refractivity contribution in [2.75, 3.05) is 13.2 Å². The van der Waals surface area contributed by atoms with Crippen LogP contribution < -0.4 is 5.32 Å². The lowest BCUT2D eigenvalue weighted by Gasteiger charge is -2.09. The van der Waals surface area contributed by atoms with Crippen LogP contribution in [-0.4, -0.2) is 30.3 Å². The monoisotopic (exact) mass is 210 g/mol. The van der Waals surface area contributed by atoms with Gasteiger partial charge in [0.2, 0.25) is 0 Å². The predicted octanol–water partition coefficient (Wildman–Crippen LogP) is 0.892. The number of aryl methyl sites for hydroxylation is 1. The Labute approximate surface area is 87.8 Å². The van der Waals surface area contributed by atoms with Crippen LogP contribution >= 0.6 is 0 Å². The molecule has 1 aliphatic heterocycles. The van der Waals surface area contributed by atoms with E-state index in [1.807, 2.05) is 0 Å². The first-order valence-electron chi connectivity index (χ1n) is 5.08. The standard InChI is InChI=1S/C10H14N2O3/c1-7-9(6-15-12-7)10(13)11-5-8-3-2-4-14-8/h6,8H,2-5H2,1H3,(H,11,13). The topological polar surface area (TPSA) is 64.4 Å². The van der Waals surface area contributed by atoms with E-state index >= 15 is 0 Å². The van der Waals surface area contributed by atoms with Crippen molar-refractivity contribution in [3.63, 3.8) is 0 Å². The fourth-order valence-electron chi connectivity index (χ4n) is 1.62. The van der Waals surface area contributed by atoms with Crippen LogP contribution in [0.1, 0.15) is 28.9 Å². The third kappa shape index (κ3) is 2.36. The Bertz CT molecular complexity index is 342. The van der Waals surface area contributed by atoms with Crippen LogP contribution in [-0.2, 0) is 4.74 Å². The highest BCUT2D eigenvalue weighted by molar-refractivity contribution is 5.94. The molecule has 1 unspecified atom stereocenters. The minimum absolute atomic E-state index is 0.149. The predicted molar refractivity (Wildman–Crippen MR) is 52.5 cm³/mol. The lowest BCUT2D eigenvalue weighted by atomic mass is 10.2. The number of aromatic nitrogens is 1. The Kier molecular flexibility index (Phi) is 3.01. The zero-order chi connectivity index (χ0) is 10.7. The molecule has 0 bridgehead atoms. The molecule has 1 atom stereocenters. The number of amides is 1. The summed E-state index contributed by atoms with van der Waals surface area (Å²) >= 11 is 0. The molecule has 1 aliphatic rings. The van der Waals surface area contributed by atoms with E-state index in [-0.39, 0.29) is 12.0 Å². The lowest BCUT2D eigenvalue weighted by molar-refractivity contribution is 0.0857. The molecule has 1 N–H and O–H groups in total. The molecule has 82 valence electrons. The summed E-state index contributed by atoms with van der Waals surface area (Å²) in [6.45, 7) is 3.10. The lowest BCUT2D eigenvalue weighted by Crippen LogP contribution is -2.31. The number of nitrogens with zero attached hydrogens (tertiary/aromatic N) is 1. The van der Waals surface area contributed by atoms with E-state index in [4.69, 9.17) is 9.26 Å². The van der Waals surface area contributed by atoms with Gasteiger partial charge < -0.3 is 14.6 Å². The van der Waals surface area contributed by atoms with Crippen molar-refractivity contribution in [2.45, 2.75) is 25.9 Å². The van der Waals surface area contributed by atoms with Gasteiger partial charge in [-0.2, -0.15) is 0 Å². The van der Waals surface area contributed by atoms with E-state index in [0.29, 0.717) is 17.8 Å². The number of rotatable bonds is 3. The van der Waals surface area contributed by atoms with Gasteiger partial charge in [0, 0.05) is 13.2 Å². The molecule has 2 rings (SSSR count). The molecule has 15 heavy (non-hydrogen) atoms. The zero-order valence-corrected chi connectivity index (χ0v) is 8.66. The summed E-state index contributed by atoms with van der Waals surface area (Å²) < 4.78 is 10.1. The Morgan fingerprint density at radius 3 is 3.20 bits per heavy atom. The van der Waals surface area contributed by atoms with Crippen molar-refractivity contribution in [2.24, 2.45) is 0 Å². The van der Waals surface area contributed by atoms with E-state index in [1.165, 1.54) is 6.26 Å². The molecular weight excluding hydrogens is 196 g/mol. The third-order valence-electron chi connectivity index (χ3n) is 2.51. The largest absolute Gasteiger partial charge is 0.376 e. The van der Waals surface area contributed by atoms with E-state index in [1.54, 1.807) is 6.92 Å². The maximum Gasteiger partial charge on any atom is 0.256 e. The van der Waals surface area contributed by atoms with E-state index in [9.17, 15) is 4.79 Å². The van der Waals surface area contributed by atoms with Gasteiger partial charge in [0.15, 0.2) is 0 Å². The van der Waals surface area contributed by atoms with Gasteiger partial charge in [0.1, 0.15) is 11.8 Å². The Morgan fingerprint density at radius 1 is 1.73 bits per heavy atom. The second-order valence-electron chi connectivity index (χ2n) is 3.66. The summed E-state index contributed by atoms with van der Waals surface area (Å²) in [5.41, 5.74) is 1.10. The highest BCUT2D eigenvalue weighted by atomic mass is 16.5. The molecule has 1 fully saturated rings. The molecule has 5 nitrogen and oxygen atoms in total. The number of carbonyl (C=O) groups is 1. The number of carbonyl (C=O) groups excluding carboxylic acids is 1. The summed E-state index contributed by atoms with van der Waals surface area (Å²) in [5, 5.41) is 6.45. The van der Waals surface area contributed by atoms with Gasteiger partial charge in [-0.25, -0.2) is 0 Å². The van der Waals surface area contributed by atoms with Crippen LogP contribution in [0.3, 0.4) is 0 Å². The van der Waals surface area contributed by atoms with Gasteiger partial charge in [-0.15, -0.1) is 0 Å². The second kappa shape index (κ2) is 4.44. The SMILES string of the molecule is Cc1nocc1C(=O)NCC1CCCO1. The van der Waals surface area contributed by atoms with Crippen LogP contribution in [0, 0.1) is 6.92 Å². The minimum atomic E-state index is -0.149. The van der Waals surface area contributed by atoms with Crippen molar-refractivity contribution < 1.29 is 14.1 Å². The average molecular weight is 210 g/mol. The quantitative estimate of drug-likeness (QED) is 0.804. The smallest absolute Gasteiger partial charge is 0.256 e. The van der Waals surface area contributed by atoms with Crippen LogP contribution in [0.2, 0.25) is 0 Å². The first-order chi connectivity index (χ1) is 7.27. The van der Waals surface area contributed by atoms with Gasteiger partial charge >= 0.3 is 0 Å². The molecule has 1 aromatic heterocycles. The normalized spacial score (nSPS) is 20.5. The molecule has 0 spiro atoms. The van der Waals surface area contributed by atoms with Crippen LogP contribution in [0.15, 0.2) is 10.8 Å². The van der Waals surface area contributed by atoms with Crippen molar-refractivity contribution in [1.29, 1.82) is 0 Å². The summed E-state index contributed by atoms with van der Waals surface area (Å²) in [4.78, 5) is 11.6. The summed E-state index contributed by atoms with van der Waals surface area (Å²) in [6.07, 6.45) is 3.62. The number of nitrogens with one attached hydrogen (secondary N) is 1. The molecule has 1 amide bonds. The maximum atomic E-state index is 11.6. The molecule has 2 heterocycles. The van der Waals surface area contributed by atoms with Gasteiger partial charge in [-0.05, 0) is 19.8 Å². The van der Waals surface area contributed by atoms with E-state index in [2.05, 4.69) is 10.5 Å². The van der Waals surface area contributed by atoms with E-state index < -0.39 is 0 Å². The van der Waals surface area contributed by atoms with Gasteiger partial charge in [0.25, 0.3) is 5.91 Å². The van der Waals surface area contributed by atoms with E-state index in [0.717, 1.165) is 19.4 Å². The molecule has 0 aromatic carbocycles. The Balaban J connectivity index is 1.84. The number of ether oxygens (including phenoxy) is 1. The molecule has 5 heteroatoms. The van der Waals surface area contributed by atoms with Crippen molar-refractivity contribution in [3.05, 3.63) is 17.5 Å². The molecule has 1 aromatic rings. The fraction of sp³-hybridized carbons (Fsp3) is 0.600. The first kappa shape index (κ1) is 10.2. The summed E-state index contributed by atoms with van der Waals surface area (Å²) in [5.74, 6) is -0.149. The summed E-state index contributed by atoms with van der Waals surface area (Å²) in [6, 6.07) is 0. The molecular formula is C10H14N2O3. The van der Waals surface area contributed by atoms with Crippen LogP contribution in [0.25, 0.3) is 0 Å². The molecule has 0 radical (unpaired) electrons. The molecule has 0 aliphatic carbocycles. The van der Waals surface area contributed by atoms with Crippen LogP contribution in [0.4, 0.5) is 0 Å². The van der Waals surface area contributed by atoms with Gasteiger partial charge in [0.05, 0.1) is 11.8 Å². The summed E-state index contributed by atoms with van der Waals surface area (Å²) in [7, 11) is 0. The Hall–Kier alpha value is -1.36. The molecule has 0 saturated carbocycles. The average Bonchev–Trinajstić information content (AvgIpc) is 2.84. The van der Waals surface area contributed by atoms with Crippen molar-refractivity contribution >= 4 is 5.91 Å². The maximum absolute atomic E-state index is 11.6. The highest BCUT2D eigenvalue weighted by Crippen LogP contribution is 2.11. The Morgan fingerprint density at radius 2 is 2.60 bits per heavy atom. The number of hydrogen-bond donors (Lipinski definition) is 1. The van der Waals surface area contributed by atoms with Gasteiger partial charge in [-0.3, -0.25) is 4.79 Å². The highest BCUT2D eigenvalue weighted by Gasteiger charge is 2.18. The third-order valence-corrected chi connectivity index (χ3v) is 2.51.